The van der Waals surface area contributed by atoms with Crippen LogP contribution < -0.4 is 0 Å². The van der Waals surface area contributed by atoms with Crippen molar-refractivity contribution in [2.45, 2.75) is 30.9 Å². The first kappa shape index (κ1) is 47.5. The van der Waals surface area contributed by atoms with Gasteiger partial charge < -0.3 is 9.13 Å². The van der Waals surface area contributed by atoms with Gasteiger partial charge >= 0.3 is 30.9 Å². The van der Waals surface area contributed by atoms with Crippen molar-refractivity contribution in [2.75, 3.05) is 0 Å². The zero-order chi connectivity index (χ0) is 51.4. The van der Waals surface area contributed by atoms with E-state index in [1.165, 1.54) is 81.9 Å². The third kappa shape index (κ3) is 8.31. The highest BCUT2D eigenvalue weighted by Crippen LogP contribution is 2.47. The number of alkyl halides is 15. The van der Waals surface area contributed by atoms with E-state index in [-0.39, 0.29) is 73.1 Å². The molecule has 0 saturated heterocycles. The number of hydrogen-bond acceptors (Lipinski definition) is 1. The second-order valence-corrected chi connectivity index (χ2v) is 16.8. The van der Waals surface area contributed by atoms with Gasteiger partial charge in [0.25, 0.3) is 0 Å². The predicted molar refractivity (Wildman–Crippen MR) is 241 cm³/mol. The largest absolute Gasteiger partial charge is 0.418 e. The number of para-hydroxylation sites is 2. The summed E-state index contributed by atoms with van der Waals surface area (Å²) in [6, 6.07) is 31.9. The van der Waals surface area contributed by atoms with Crippen LogP contribution in [0, 0.1) is 11.3 Å². The van der Waals surface area contributed by atoms with Crippen molar-refractivity contribution in [3.05, 3.63) is 191 Å². The number of halogens is 15. The van der Waals surface area contributed by atoms with E-state index >= 15 is 13.2 Å². The minimum Gasteiger partial charge on any atom is -0.309 e. The molecule has 2 heterocycles. The van der Waals surface area contributed by atoms with Gasteiger partial charge in [0.1, 0.15) is 0 Å². The monoisotopic (exact) mass is 1000 g/mol. The molecule has 362 valence electrons. The van der Waals surface area contributed by atoms with E-state index in [9.17, 15) is 57.9 Å². The first-order valence-corrected chi connectivity index (χ1v) is 21.2. The van der Waals surface area contributed by atoms with Crippen LogP contribution >= 0.6 is 0 Å². The van der Waals surface area contributed by atoms with Crippen molar-refractivity contribution in [2.24, 2.45) is 0 Å². The molecule has 2 aromatic heterocycles. The van der Waals surface area contributed by atoms with Gasteiger partial charge in [-0.3, -0.25) is 0 Å². The quantitative estimate of drug-likeness (QED) is 0.158. The lowest BCUT2D eigenvalue weighted by atomic mass is 9.96. The van der Waals surface area contributed by atoms with Crippen LogP contribution in [-0.2, 0) is 30.9 Å². The van der Waals surface area contributed by atoms with Crippen LogP contribution in [0.4, 0.5) is 65.9 Å². The van der Waals surface area contributed by atoms with Crippen molar-refractivity contribution in [1.29, 1.82) is 5.26 Å². The van der Waals surface area contributed by atoms with E-state index in [1.54, 1.807) is 36.4 Å². The Hall–Kier alpha value is -8.20. The Bertz CT molecular complexity index is 3810. The fourth-order valence-corrected chi connectivity index (χ4v) is 9.22. The van der Waals surface area contributed by atoms with Crippen molar-refractivity contribution in [3.63, 3.8) is 0 Å². The normalized spacial score (nSPS) is 12.9. The Morgan fingerprint density at radius 3 is 1.15 bits per heavy atom. The SMILES string of the molecule is N#Cc1cccc(-c2cc(-n3c4ccccc4c4ccc(-c5cc(C(F)(F)F)cc(C(F)(F)F)c5)cc43)c(C(F)(F)F)cc2-n2c3ccccc3c3ccc(-c4cc(C(F)(F)F)cc(C(F)(F)F)c4)cc32)c1. The van der Waals surface area contributed by atoms with Gasteiger partial charge in [-0.15, -0.1) is 0 Å². The molecule has 0 aliphatic carbocycles. The summed E-state index contributed by atoms with van der Waals surface area (Å²) in [7, 11) is 0. The second kappa shape index (κ2) is 16.4. The third-order valence-corrected chi connectivity index (χ3v) is 12.4. The van der Waals surface area contributed by atoms with Gasteiger partial charge in [-0.25, -0.2) is 0 Å². The van der Waals surface area contributed by atoms with Crippen LogP contribution in [-0.4, -0.2) is 9.13 Å². The van der Waals surface area contributed by atoms with Crippen molar-refractivity contribution < 1.29 is 65.9 Å². The zero-order valence-electron chi connectivity index (χ0n) is 36.0. The Kier molecular flexibility index (Phi) is 10.8. The summed E-state index contributed by atoms with van der Waals surface area (Å²) in [5.74, 6) is 0. The third-order valence-electron chi connectivity index (χ3n) is 12.4. The molecule has 0 bridgehead atoms. The molecule has 0 N–H and O–H groups in total. The van der Waals surface area contributed by atoms with E-state index < -0.39 is 75.5 Å². The molecule has 0 fully saturated rings. The molecule has 0 saturated carbocycles. The molecule has 3 nitrogen and oxygen atoms in total. The maximum absolute atomic E-state index is 16.1. The Balaban J connectivity index is 1.31. The summed E-state index contributed by atoms with van der Waals surface area (Å²) in [5, 5.41) is 11.4. The summed E-state index contributed by atoms with van der Waals surface area (Å²) >= 11 is 0. The van der Waals surface area contributed by atoms with Crippen LogP contribution in [0.3, 0.4) is 0 Å². The summed E-state index contributed by atoms with van der Waals surface area (Å²) in [6.45, 7) is 0. The van der Waals surface area contributed by atoms with Gasteiger partial charge in [-0.1, -0.05) is 72.8 Å². The lowest BCUT2D eigenvalue weighted by molar-refractivity contribution is -0.144. The highest BCUT2D eigenvalue weighted by Gasteiger charge is 2.40. The molecule has 0 unspecified atom stereocenters. The minimum atomic E-state index is -5.25. The number of hydrogen-bond donors (Lipinski definition) is 0. The van der Waals surface area contributed by atoms with Crippen LogP contribution in [0.1, 0.15) is 33.4 Å². The number of fused-ring (bicyclic) bond motifs is 6. The molecule has 0 aliphatic heterocycles. The summed E-state index contributed by atoms with van der Waals surface area (Å²) in [4.78, 5) is 0. The fraction of sp³-hybridized carbons (Fsp3) is 0.0926. The summed E-state index contributed by atoms with van der Waals surface area (Å²) in [6.07, 6.45) is -26.1. The van der Waals surface area contributed by atoms with Gasteiger partial charge in [0.05, 0.1) is 72.9 Å². The molecule has 0 amide bonds. The van der Waals surface area contributed by atoms with E-state index in [0.717, 1.165) is 12.1 Å². The topological polar surface area (TPSA) is 33.6 Å². The first-order valence-electron chi connectivity index (χ1n) is 21.2. The maximum atomic E-state index is 16.1. The number of aromatic nitrogens is 2. The molecule has 72 heavy (non-hydrogen) atoms. The van der Waals surface area contributed by atoms with E-state index in [2.05, 4.69) is 0 Å². The molecule has 10 rings (SSSR count). The molecule has 0 radical (unpaired) electrons. The first-order chi connectivity index (χ1) is 33.8. The standard InChI is InChI=1S/C54H26F15N3/c55-50(56,57)34-17-32(18-35(23-34)51(58,59)60)29-12-14-40-38-8-1-3-10-44(38)71(46(40)21-29)48-26-43(54(67,68)69)49(25-42(48)31-7-5-6-28(16-31)27-70)72-45-11-4-2-9-39(45)41-15-13-30(22-47(41)72)33-19-36(52(61,62)63)24-37(20-33)53(64,65)66/h1-26H. The van der Waals surface area contributed by atoms with Gasteiger partial charge in [0.15, 0.2) is 0 Å². The maximum Gasteiger partial charge on any atom is 0.418 e. The number of nitriles is 1. The van der Waals surface area contributed by atoms with Crippen molar-refractivity contribution >= 4 is 43.6 Å². The highest BCUT2D eigenvalue weighted by atomic mass is 19.4. The molecule has 0 atom stereocenters. The van der Waals surface area contributed by atoms with Crippen LogP contribution in [0.2, 0.25) is 0 Å². The van der Waals surface area contributed by atoms with Crippen LogP contribution in [0.5, 0.6) is 0 Å². The lowest BCUT2D eigenvalue weighted by Crippen LogP contribution is -2.13. The van der Waals surface area contributed by atoms with E-state index in [4.69, 9.17) is 0 Å². The average Bonchev–Trinajstić information content (AvgIpc) is 3.84. The average molecular weight is 1000 g/mol. The van der Waals surface area contributed by atoms with Gasteiger partial charge in [0, 0.05) is 27.1 Å². The summed E-state index contributed by atoms with van der Waals surface area (Å²) in [5.41, 5.74) is -9.33. The predicted octanol–water partition coefficient (Wildman–Crippen LogP) is 17.8. The molecule has 18 heteroatoms. The number of benzene rings is 8. The Morgan fingerprint density at radius 1 is 0.319 bits per heavy atom. The lowest BCUT2D eigenvalue weighted by Gasteiger charge is -2.22. The molecular weight excluding hydrogens is 976 g/mol. The zero-order valence-corrected chi connectivity index (χ0v) is 36.0. The molecule has 0 spiro atoms. The van der Waals surface area contributed by atoms with Gasteiger partial charge in [-0.05, 0) is 113 Å². The van der Waals surface area contributed by atoms with Crippen molar-refractivity contribution in [1.82, 2.24) is 9.13 Å². The van der Waals surface area contributed by atoms with Gasteiger partial charge in [0.2, 0.25) is 0 Å². The molecular formula is C54H26F15N3. The van der Waals surface area contributed by atoms with E-state index in [1.807, 2.05) is 6.07 Å². The van der Waals surface area contributed by atoms with Gasteiger partial charge in [-0.2, -0.15) is 71.1 Å². The number of rotatable bonds is 5. The minimum absolute atomic E-state index is 0.0105. The highest BCUT2D eigenvalue weighted by molar-refractivity contribution is 6.12. The molecule has 8 aromatic carbocycles. The van der Waals surface area contributed by atoms with Crippen LogP contribution in [0.25, 0.3) is 88.4 Å². The van der Waals surface area contributed by atoms with E-state index in [0.29, 0.717) is 40.4 Å². The Morgan fingerprint density at radius 2 is 0.736 bits per heavy atom. The number of nitrogens with zero attached hydrogens (tertiary/aromatic N) is 3. The molecule has 10 aromatic rings. The fourth-order valence-electron chi connectivity index (χ4n) is 9.22. The van der Waals surface area contributed by atoms with Crippen molar-refractivity contribution in [3.8, 4) is 50.8 Å². The van der Waals surface area contributed by atoms with Crippen LogP contribution in [0.15, 0.2) is 158 Å². The Labute approximate surface area is 395 Å². The second-order valence-electron chi connectivity index (χ2n) is 16.8. The summed E-state index contributed by atoms with van der Waals surface area (Å²) < 4.78 is 220. The smallest absolute Gasteiger partial charge is 0.309 e. The molecule has 0 aliphatic rings.